The van der Waals surface area contributed by atoms with E-state index in [0.717, 1.165) is 19.5 Å². The van der Waals surface area contributed by atoms with Crippen LogP contribution in [0.4, 0.5) is 11.5 Å². The molecule has 0 radical (unpaired) electrons. The van der Waals surface area contributed by atoms with Gasteiger partial charge in [-0.2, -0.15) is 0 Å². The molecule has 3 aromatic rings. The largest absolute Gasteiger partial charge is 0.478 e. The maximum absolute atomic E-state index is 11.9. The molecule has 0 aliphatic carbocycles. The van der Waals surface area contributed by atoms with Gasteiger partial charge in [-0.15, -0.1) is 0 Å². The van der Waals surface area contributed by atoms with Gasteiger partial charge in [-0.3, -0.25) is 4.79 Å². The number of pyridine rings is 1. The summed E-state index contributed by atoms with van der Waals surface area (Å²) in [7, 11) is 0. The maximum atomic E-state index is 11.9. The number of amides is 1. The highest BCUT2D eigenvalue weighted by Gasteiger charge is 2.27. The highest BCUT2D eigenvalue weighted by molar-refractivity contribution is 6.05. The highest BCUT2D eigenvalue weighted by atomic mass is 16.4. The summed E-state index contributed by atoms with van der Waals surface area (Å²) in [5, 5.41) is 13.0. The van der Waals surface area contributed by atoms with E-state index in [-0.39, 0.29) is 11.5 Å². The Morgan fingerprint density at radius 1 is 1.17 bits per heavy atom. The van der Waals surface area contributed by atoms with Crippen LogP contribution in [0.3, 0.4) is 0 Å². The summed E-state index contributed by atoms with van der Waals surface area (Å²) in [6.07, 6.45) is 1.01. The molecule has 1 atom stereocenters. The number of hydrogen-bond donors (Lipinski definition) is 2. The number of benzene rings is 2. The lowest BCUT2D eigenvalue weighted by molar-refractivity contribution is -0.114. The Kier molecular flexibility index (Phi) is 4.92. The van der Waals surface area contributed by atoms with Crippen LogP contribution in [0.1, 0.15) is 40.7 Å². The molecular weight excluding hydrogens is 366 g/mol. The Morgan fingerprint density at radius 3 is 2.69 bits per heavy atom. The average Bonchev–Trinajstić information content (AvgIpc) is 3.17. The lowest BCUT2D eigenvalue weighted by Crippen LogP contribution is -2.21. The van der Waals surface area contributed by atoms with Gasteiger partial charge in [0.2, 0.25) is 5.91 Å². The molecule has 2 heterocycles. The normalized spacial score (nSPS) is 16.2. The number of hydrogen-bond acceptors (Lipinski definition) is 4. The van der Waals surface area contributed by atoms with Crippen molar-refractivity contribution in [3.63, 3.8) is 0 Å². The van der Waals surface area contributed by atoms with E-state index in [9.17, 15) is 14.7 Å². The van der Waals surface area contributed by atoms with Crippen LogP contribution in [-0.4, -0.2) is 35.1 Å². The van der Waals surface area contributed by atoms with Crippen molar-refractivity contribution in [3.05, 3.63) is 65.2 Å². The number of aromatic nitrogens is 1. The summed E-state index contributed by atoms with van der Waals surface area (Å²) >= 11 is 0. The minimum Gasteiger partial charge on any atom is -0.478 e. The van der Waals surface area contributed by atoms with Gasteiger partial charge < -0.3 is 15.3 Å². The van der Waals surface area contributed by atoms with Gasteiger partial charge >= 0.3 is 5.97 Å². The molecule has 0 bridgehead atoms. The number of rotatable bonds is 4. The number of aryl methyl sites for hydroxylation is 1. The van der Waals surface area contributed by atoms with E-state index < -0.39 is 5.97 Å². The van der Waals surface area contributed by atoms with E-state index in [1.165, 1.54) is 18.1 Å². The molecule has 6 nitrogen and oxygen atoms in total. The van der Waals surface area contributed by atoms with Gasteiger partial charge in [-0.05, 0) is 48.7 Å². The van der Waals surface area contributed by atoms with E-state index in [1.807, 2.05) is 6.07 Å². The van der Waals surface area contributed by atoms with E-state index in [2.05, 4.69) is 35.3 Å². The van der Waals surface area contributed by atoms with Crippen molar-refractivity contribution < 1.29 is 14.7 Å². The smallest absolute Gasteiger partial charge is 0.336 e. The molecule has 1 unspecified atom stereocenters. The molecule has 1 fully saturated rings. The number of aromatic carboxylic acids is 1. The Labute approximate surface area is 169 Å². The standard InChI is InChI=1S/C23H23N3O3/c1-14-5-3-4-6-18(14)16-9-10-26(13-16)22-12-20(23(28)29)19-11-17(24-15(2)27)7-8-21(19)25-22/h3-8,11-12,16H,9-10,13H2,1-2H3,(H,24,27)(H,28,29). The van der Waals surface area contributed by atoms with Gasteiger partial charge in [0.15, 0.2) is 0 Å². The molecule has 1 aliphatic rings. The molecule has 1 saturated heterocycles. The quantitative estimate of drug-likeness (QED) is 0.699. The first-order chi connectivity index (χ1) is 13.9. The Hall–Kier alpha value is -3.41. The number of nitrogens with zero attached hydrogens (tertiary/aromatic N) is 2. The molecule has 29 heavy (non-hydrogen) atoms. The molecule has 1 aromatic heterocycles. The van der Waals surface area contributed by atoms with E-state index in [4.69, 9.17) is 4.98 Å². The SMILES string of the molecule is CC(=O)Nc1ccc2nc(N3CCC(c4ccccc4C)C3)cc(C(=O)O)c2c1. The lowest BCUT2D eigenvalue weighted by atomic mass is 9.94. The monoisotopic (exact) mass is 389 g/mol. The summed E-state index contributed by atoms with van der Waals surface area (Å²) < 4.78 is 0. The predicted molar refractivity (Wildman–Crippen MR) is 114 cm³/mol. The zero-order chi connectivity index (χ0) is 20.5. The molecule has 0 spiro atoms. The average molecular weight is 389 g/mol. The Balaban J connectivity index is 1.69. The summed E-state index contributed by atoms with van der Waals surface area (Å²) in [6, 6.07) is 15.2. The summed E-state index contributed by atoms with van der Waals surface area (Å²) in [5.74, 6) is -0.124. The van der Waals surface area contributed by atoms with Gasteiger partial charge in [0.05, 0.1) is 11.1 Å². The van der Waals surface area contributed by atoms with E-state index in [0.29, 0.717) is 28.3 Å². The third kappa shape index (κ3) is 3.78. The topological polar surface area (TPSA) is 82.5 Å². The predicted octanol–water partition coefficient (Wildman–Crippen LogP) is 4.19. The van der Waals surface area contributed by atoms with Crippen molar-refractivity contribution >= 4 is 34.3 Å². The number of carbonyl (C=O) groups excluding carboxylic acids is 1. The Morgan fingerprint density at radius 2 is 1.97 bits per heavy atom. The van der Waals surface area contributed by atoms with Gasteiger partial charge in [0, 0.05) is 37.0 Å². The van der Waals surface area contributed by atoms with Crippen LogP contribution in [-0.2, 0) is 4.79 Å². The number of carboxylic acids is 1. The van der Waals surface area contributed by atoms with Crippen molar-refractivity contribution in [1.29, 1.82) is 0 Å². The van der Waals surface area contributed by atoms with Gasteiger partial charge in [0.1, 0.15) is 5.82 Å². The first-order valence-electron chi connectivity index (χ1n) is 9.68. The van der Waals surface area contributed by atoms with E-state index in [1.54, 1.807) is 24.3 Å². The molecule has 4 rings (SSSR count). The molecule has 1 amide bonds. The van der Waals surface area contributed by atoms with Crippen molar-refractivity contribution in [2.24, 2.45) is 0 Å². The highest BCUT2D eigenvalue weighted by Crippen LogP contribution is 2.33. The van der Waals surface area contributed by atoms with Crippen LogP contribution in [0, 0.1) is 6.92 Å². The lowest BCUT2D eigenvalue weighted by Gasteiger charge is -2.20. The second-order valence-electron chi connectivity index (χ2n) is 7.53. The molecule has 1 aliphatic heterocycles. The third-order valence-electron chi connectivity index (χ3n) is 5.49. The third-order valence-corrected chi connectivity index (χ3v) is 5.49. The minimum atomic E-state index is -1.01. The first-order valence-corrected chi connectivity index (χ1v) is 9.68. The van der Waals surface area contributed by atoms with Gasteiger partial charge in [-0.25, -0.2) is 9.78 Å². The fourth-order valence-corrected chi connectivity index (χ4v) is 4.10. The second kappa shape index (κ2) is 7.54. The fourth-order valence-electron chi connectivity index (χ4n) is 4.10. The van der Waals surface area contributed by atoms with Crippen LogP contribution >= 0.6 is 0 Å². The molecule has 148 valence electrons. The number of anilines is 2. The van der Waals surface area contributed by atoms with Crippen LogP contribution < -0.4 is 10.2 Å². The summed E-state index contributed by atoms with van der Waals surface area (Å²) in [5.41, 5.74) is 3.98. The van der Waals surface area contributed by atoms with Crippen LogP contribution in [0.2, 0.25) is 0 Å². The zero-order valence-electron chi connectivity index (χ0n) is 16.5. The van der Waals surface area contributed by atoms with Crippen molar-refractivity contribution in [1.82, 2.24) is 4.98 Å². The van der Waals surface area contributed by atoms with Crippen molar-refractivity contribution in [3.8, 4) is 0 Å². The number of carbonyl (C=O) groups is 2. The van der Waals surface area contributed by atoms with Crippen molar-refractivity contribution in [2.45, 2.75) is 26.2 Å². The fraction of sp³-hybridized carbons (Fsp3) is 0.261. The molecule has 0 saturated carbocycles. The van der Waals surface area contributed by atoms with Crippen LogP contribution in [0.5, 0.6) is 0 Å². The molecule has 2 aromatic carbocycles. The zero-order valence-corrected chi connectivity index (χ0v) is 16.5. The first kappa shape index (κ1) is 18.9. The van der Waals surface area contributed by atoms with Gasteiger partial charge in [0.25, 0.3) is 0 Å². The number of carboxylic acid groups (broad SMARTS) is 1. The Bertz CT molecular complexity index is 1110. The summed E-state index contributed by atoms with van der Waals surface area (Å²) in [4.78, 5) is 30.1. The molecule has 6 heteroatoms. The van der Waals surface area contributed by atoms with E-state index >= 15 is 0 Å². The molecule has 2 N–H and O–H groups in total. The van der Waals surface area contributed by atoms with Crippen LogP contribution in [0.15, 0.2) is 48.5 Å². The van der Waals surface area contributed by atoms with Crippen molar-refractivity contribution in [2.75, 3.05) is 23.3 Å². The van der Waals surface area contributed by atoms with Crippen LogP contribution in [0.25, 0.3) is 10.9 Å². The number of fused-ring (bicyclic) bond motifs is 1. The molecular formula is C23H23N3O3. The summed E-state index contributed by atoms with van der Waals surface area (Å²) in [6.45, 7) is 5.19. The maximum Gasteiger partial charge on any atom is 0.336 e. The number of nitrogens with one attached hydrogen (secondary N) is 1. The second-order valence-corrected chi connectivity index (χ2v) is 7.53. The van der Waals surface area contributed by atoms with Gasteiger partial charge in [-0.1, -0.05) is 24.3 Å². The minimum absolute atomic E-state index is 0.191.